The first-order valence-electron chi connectivity index (χ1n) is 11.7. The van der Waals surface area contributed by atoms with E-state index in [9.17, 15) is 4.79 Å². The maximum atomic E-state index is 13.2. The van der Waals surface area contributed by atoms with Gasteiger partial charge in [0.1, 0.15) is 17.3 Å². The van der Waals surface area contributed by atoms with Crippen molar-refractivity contribution in [2.24, 2.45) is 4.99 Å². The largest absolute Gasteiger partial charge is 0.493 e. The van der Waals surface area contributed by atoms with Crippen LogP contribution in [0.2, 0.25) is 0 Å². The van der Waals surface area contributed by atoms with Crippen molar-refractivity contribution < 1.29 is 19.0 Å². The predicted molar refractivity (Wildman–Crippen MR) is 136 cm³/mol. The monoisotopic (exact) mass is 471 g/mol. The van der Waals surface area contributed by atoms with Gasteiger partial charge in [0.25, 0.3) is 5.91 Å². The van der Waals surface area contributed by atoms with E-state index in [-0.39, 0.29) is 5.91 Å². The van der Waals surface area contributed by atoms with Crippen LogP contribution in [-0.4, -0.2) is 61.9 Å². The normalized spacial score (nSPS) is 14.8. The highest BCUT2D eigenvalue weighted by Gasteiger charge is 2.28. The highest BCUT2D eigenvalue weighted by molar-refractivity contribution is 6.04. The molecule has 0 aromatic heterocycles. The van der Waals surface area contributed by atoms with Gasteiger partial charge in [-0.05, 0) is 61.9 Å². The maximum absolute atomic E-state index is 13.2. The van der Waals surface area contributed by atoms with E-state index in [1.165, 1.54) is 0 Å². The summed E-state index contributed by atoms with van der Waals surface area (Å²) >= 11 is 0. The summed E-state index contributed by atoms with van der Waals surface area (Å²) in [6.45, 7) is 6.65. The highest BCUT2D eigenvalue weighted by Crippen LogP contribution is 2.39. The number of amides is 1. The minimum Gasteiger partial charge on any atom is -0.493 e. The number of hydrogen-bond donors (Lipinski definition) is 0. The fourth-order valence-electron chi connectivity index (χ4n) is 4.51. The Kier molecular flexibility index (Phi) is 6.07. The van der Waals surface area contributed by atoms with Crippen molar-refractivity contribution in [3.63, 3.8) is 0 Å². The zero-order valence-electron chi connectivity index (χ0n) is 20.5. The average molecular weight is 472 g/mol. The molecule has 1 saturated heterocycles. The molecule has 5 rings (SSSR count). The summed E-state index contributed by atoms with van der Waals surface area (Å²) in [6.07, 6.45) is 0. The van der Waals surface area contributed by atoms with Gasteiger partial charge in [0.15, 0.2) is 17.2 Å². The van der Waals surface area contributed by atoms with Crippen molar-refractivity contribution in [2.45, 2.75) is 13.8 Å². The zero-order valence-corrected chi connectivity index (χ0v) is 20.5. The number of carbonyl (C=O) groups is 1. The van der Waals surface area contributed by atoms with Crippen molar-refractivity contribution >= 4 is 17.4 Å². The molecule has 0 spiro atoms. The molecule has 0 radical (unpaired) electrons. The summed E-state index contributed by atoms with van der Waals surface area (Å²) < 4.78 is 17.0. The lowest BCUT2D eigenvalue weighted by Crippen LogP contribution is -2.50. The Balaban J connectivity index is 1.40. The smallest absolute Gasteiger partial charge is 0.254 e. The van der Waals surface area contributed by atoms with E-state index in [1.807, 2.05) is 36.1 Å². The molecule has 2 aliphatic heterocycles. The van der Waals surface area contributed by atoms with E-state index in [0.29, 0.717) is 43.2 Å². The molecule has 7 heteroatoms. The highest BCUT2D eigenvalue weighted by atomic mass is 16.5. The second-order valence-electron chi connectivity index (χ2n) is 8.86. The Morgan fingerprint density at radius 2 is 1.54 bits per heavy atom. The van der Waals surface area contributed by atoms with Gasteiger partial charge in [-0.3, -0.25) is 4.79 Å². The Bertz CT molecular complexity index is 1310. The molecule has 180 valence electrons. The summed E-state index contributed by atoms with van der Waals surface area (Å²) in [6, 6.07) is 17.5. The van der Waals surface area contributed by atoms with Crippen LogP contribution in [0, 0.1) is 13.8 Å². The van der Waals surface area contributed by atoms with Crippen molar-refractivity contribution in [2.75, 3.05) is 40.4 Å². The predicted octanol–water partition coefficient (Wildman–Crippen LogP) is 4.96. The molecule has 1 amide bonds. The molecule has 2 heterocycles. The summed E-state index contributed by atoms with van der Waals surface area (Å²) in [7, 11) is 3.15. The number of aliphatic imine (C=N–C) groups is 1. The lowest BCUT2D eigenvalue weighted by Gasteiger charge is -2.36. The molecule has 1 fully saturated rings. The van der Waals surface area contributed by atoms with Crippen LogP contribution < -0.4 is 14.2 Å². The lowest BCUT2D eigenvalue weighted by atomic mass is 10.1. The molecular weight excluding hydrogens is 442 g/mol. The van der Waals surface area contributed by atoms with Gasteiger partial charge in [0.05, 0.1) is 19.8 Å². The number of ether oxygens (including phenoxy) is 3. The summed E-state index contributed by atoms with van der Waals surface area (Å²) in [5, 5.41) is 0. The molecule has 7 nitrogen and oxygen atoms in total. The second kappa shape index (κ2) is 9.33. The number of amidine groups is 1. The molecule has 0 unspecified atom stereocenters. The van der Waals surface area contributed by atoms with Gasteiger partial charge in [0.2, 0.25) is 0 Å². The van der Waals surface area contributed by atoms with Crippen molar-refractivity contribution in [1.29, 1.82) is 0 Å². The van der Waals surface area contributed by atoms with E-state index in [4.69, 9.17) is 19.2 Å². The van der Waals surface area contributed by atoms with Gasteiger partial charge in [-0.15, -0.1) is 0 Å². The third-order valence-corrected chi connectivity index (χ3v) is 6.43. The van der Waals surface area contributed by atoms with Crippen LogP contribution in [-0.2, 0) is 0 Å². The summed E-state index contributed by atoms with van der Waals surface area (Å²) in [5.74, 6) is 3.56. The molecule has 0 bridgehead atoms. The van der Waals surface area contributed by atoms with Gasteiger partial charge < -0.3 is 24.0 Å². The molecule has 3 aromatic carbocycles. The molecule has 0 N–H and O–H groups in total. The quantitative estimate of drug-likeness (QED) is 0.540. The topological polar surface area (TPSA) is 63.6 Å². The Morgan fingerprint density at radius 1 is 0.829 bits per heavy atom. The van der Waals surface area contributed by atoms with Crippen molar-refractivity contribution in [3.05, 3.63) is 76.9 Å². The molecule has 2 aliphatic rings. The Morgan fingerprint density at radius 3 is 2.29 bits per heavy atom. The minimum absolute atomic E-state index is 0.0196. The lowest BCUT2D eigenvalue weighted by molar-refractivity contribution is 0.0691. The van der Waals surface area contributed by atoms with Crippen LogP contribution in [0.25, 0.3) is 0 Å². The fraction of sp³-hybridized carbons (Fsp3) is 0.286. The van der Waals surface area contributed by atoms with Crippen LogP contribution in [0.15, 0.2) is 59.6 Å². The molecular formula is C28H29N3O4. The van der Waals surface area contributed by atoms with Gasteiger partial charge in [0, 0.05) is 31.7 Å². The number of piperazine rings is 1. The third-order valence-electron chi connectivity index (χ3n) is 6.43. The van der Waals surface area contributed by atoms with E-state index < -0.39 is 0 Å². The SMILES string of the molecule is COc1ccc(C(=O)N2CCN(C3=Nc4ccc(C)cc4Oc4ccc(C)cc43)CC2)cc1OC. The number of rotatable bonds is 3. The Labute approximate surface area is 205 Å². The molecule has 3 aromatic rings. The van der Waals surface area contributed by atoms with Crippen LogP contribution in [0.5, 0.6) is 23.0 Å². The molecule has 0 atom stereocenters. The maximum Gasteiger partial charge on any atom is 0.254 e. The van der Waals surface area contributed by atoms with Crippen molar-refractivity contribution in [1.82, 2.24) is 9.80 Å². The van der Waals surface area contributed by atoms with Gasteiger partial charge in [-0.2, -0.15) is 0 Å². The van der Waals surface area contributed by atoms with E-state index in [0.717, 1.165) is 39.7 Å². The number of methoxy groups -OCH3 is 2. The number of aryl methyl sites for hydroxylation is 2. The van der Waals surface area contributed by atoms with Crippen LogP contribution in [0.4, 0.5) is 5.69 Å². The number of benzene rings is 3. The second-order valence-corrected chi connectivity index (χ2v) is 8.86. The zero-order chi connectivity index (χ0) is 24.5. The first-order valence-corrected chi connectivity index (χ1v) is 11.7. The van der Waals surface area contributed by atoms with Crippen molar-refractivity contribution in [3.8, 4) is 23.0 Å². The number of fused-ring (bicyclic) bond motifs is 2. The third kappa shape index (κ3) is 4.41. The van der Waals surface area contributed by atoms with Crippen LogP contribution >= 0.6 is 0 Å². The molecule has 35 heavy (non-hydrogen) atoms. The fourth-order valence-corrected chi connectivity index (χ4v) is 4.51. The minimum atomic E-state index is -0.0196. The first kappa shape index (κ1) is 22.8. The molecule has 0 aliphatic carbocycles. The number of nitrogens with zero attached hydrogens (tertiary/aromatic N) is 3. The van der Waals surface area contributed by atoms with E-state index in [1.54, 1.807) is 32.4 Å². The standard InChI is InChI=1S/C28H29N3O4/c1-18-6-9-23-21(15-18)27(29-22-8-5-19(2)16-25(22)35-23)30-11-13-31(14-12-30)28(32)20-7-10-24(33-3)26(17-20)34-4/h5-10,15-17H,11-14H2,1-4H3. The average Bonchev–Trinajstić information content (AvgIpc) is 3.04. The molecule has 0 saturated carbocycles. The first-order chi connectivity index (χ1) is 17.0. The summed E-state index contributed by atoms with van der Waals surface area (Å²) in [5.41, 5.74) is 4.63. The number of hydrogen-bond acceptors (Lipinski definition) is 6. The van der Waals surface area contributed by atoms with Crippen LogP contribution in [0.3, 0.4) is 0 Å². The Hall–Kier alpha value is -4.00. The van der Waals surface area contributed by atoms with E-state index in [2.05, 4.69) is 24.0 Å². The number of carbonyl (C=O) groups excluding carboxylic acids is 1. The van der Waals surface area contributed by atoms with Crippen LogP contribution in [0.1, 0.15) is 27.0 Å². The van der Waals surface area contributed by atoms with Gasteiger partial charge >= 0.3 is 0 Å². The summed E-state index contributed by atoms with van der Waals surface area (Å²) in [4.78, 5) is 22.4. The van der Waals surface area contributed by atoms with E-state index >= 15 is 0 Å². The van der Waals surface area contributed by atoms with Gasteiger partial charge in [-0.1, -0.05) is 17.7 Å². The van der Waals surface area contributed by atoms with Gasteiger partial charge in [-0.25, -0.2) is 4.99 Å².